The Morgan fingerprint density at radius 3 is 2.30 bits per heavy atom. The number of amides is 4. The monoisotopic (exact) mass is 593 g/mol. The number of nitrogens with zero attached hydrogens (tertiary/aromatic N) is 6. The van der Waals surface area contributed by atoms with Gasteiger partial charge >= 0.3 is 6.09 Å². The lowest BCUT2D eigenvalue weighted by Crippen LogP contribution is -2.60. The fraction of sp³-hybridized carbons (Fsp3) is 0.250. The molecule has 44 heavy (non-hydrogen) atoms. The summed E-state index contributed by atoms with van der Waals surface area (Å²) in [6.45, 7) is 4.45. The Labute approximate surface area is 253 Å². The van der Waals surface area contributed by atoms with E-state index in [1.54, 1.807) is 54.1 Å². The van der Waals surface area contributed by atoms with Crippen molar-refractivity contribution >= 4 is 46.1 Å². The Morgan fingerprint density at radius 1 is 1.02 bits per heavy atom. The maximum Gasteiger partial charge on any atom is 0.407 e. The van der Waals surface area contributed by atoms with Gasteiger partial charge in [-0.25, -0.2) is 9.48 Å². The SMILES string of the molecule is CC(=O)N1c2ccccc2N(Cc2nn(-c3ccccc3C#N)c3ccccc23)C(=O)[C@@H](NC(=O)[C@H](C)N(C)C(=O)O)[C@@H]1C. The van der Waals surface area contributed by atoms with E-state index in [2.05, 4.69) is 11.4 Å². The zero-order valence-corrected chi connectivity index (χ0v) is 24.6. The van der Waals surface area contributed by atoms with Gasteiger partial charge < -0.3 is 20.2 Å². The van der Waals surface area contributed by atoms with Gasteiger partial charge in [-0.2, -0.15) is 10.4 Å². The molecule has 0 spiro atoms. The van der Waals surface area contributed by atoms with Crippen LogP contribution in [0, 0.1) is 11.3 Å². The molecule has 0 fully saturated rings. The van der Waals surface area contributed by atoms with Gasteiger partial charge in [0.15, 0.2) is 0 Å². The number of rotatable bonds is 6. The Kier molecular flexibility index (Phi) is 8.05. The van der Waals surface area contributed by atoms with Crippen molar-refractivity contribution in [3.8, 4) is 11.8 Å². The largest absolute Gasteiger partial charge is 0.465 e. The number of likely N-dealkylation sites (N-methyl/N-ethyl adjacent to an activating group) is 1. The number of anilines is 2. The molecule has 1 aliphatic rings. The Bertz CT molecular complexity index is 1830. The fourth-order valence-corrected chi connectivity index (χ4v) is 5.51. The molecule has 5 rings (SSSR count). The molecule has 3 atom stereocenters. The number of para-hydroxylation sites is 4. The minimum atomic E-state index is -1.30. The van der Waals surface area contributed by atoms with Gasteiger partial charge in [0.2, 0.25) is 11.8 Å². The number of benzene rings is 3. The first-order valence-corrected chi connectivity index (χ1v) is 14.0. The van der Waals surface area contributed by atoms with Crippen LogP contribution in [0.5, 0.6) is 0 Å². The van der Waals surface area contributed by atoms with E-state index in [0.717, 1.165) is 15.8 Å². The van der Waals surface area contributed by atoms with Crippen LogP contribution < -0.4 is 15.1 Å². The van der Waals surface area contributed by atoms with E-state index in [0.29, 0.717) is 28.3 Å². The number of fused-ring (bicyclic) bond motifs is 2. The Balaban J connectivity index is 1.63. The van der Waals surface area contributed by atoms with Crippen molar-refractivity contribution in [3.63, 3.8) is 0 Å². The first kappa shape index (κ1) is 29.8. The summed E-state index contributed by atoms with van der Waals surface area (Å²) in [5, 5.41) is 27.5. The second-order valence-corrected chi connectivity index (χ2v) is 10.6. The number of hydrogen-bond acceptors (Lipinski definition) is 6. The smallest absolute Gasteiger partial charge is 0.407 e. The molecule has 0 radical (unpaired) electrons. The maximum absolute atomic E-state index is 14.4. The molecule has 0 bridgehead atoms. The summed E-state index contributed by atoms with van der Waals surface area (Å²) in [6, 6.07) is 20.6. The van der Waals surface area contributed by atoms with Gasteiger partial charge in [0.1, 0.15) is 18.2 Å². The van der Waals surface area contributed by atoms with Crippen LogP contribution in [0.4, 0.5) is 16.2 Å². The first-order valence-electron chi connectivity index (χ1n) is 14.0. The van der Waals surface area contributed by atoms with Crippen molar-refractivity contribution in [2.45, 2.75) is 45.4 Å². The minimum Gasteiger partial charge on any atom is -0.465 e. The first-order chi connectivity index (χ1) is 21.0. The van der Waals surface area contributed by atoms with Crippen molar-refractivity contribution in [2.24, 2.45) is 0 Å². The number of aromatic nitrogens is 2. The lowest BCUT2D eigenvalue weighted by molar-refractivity contribution is -0.130. The van der Waals surface area contributed by atoms with E-state index in [4.69, 9.17) is 5.10 Å². The standard InChI is InChI=1S/C32H31N7O5/c1-19-29(34-30(41)20(2)36(4)32(43)44)31(42)37(27-15-9-10-16-28(27)38(19)21(3)40)18-24-23-12-6-8-14-26(23)39(35-24)25-13-7-5-11-22(25)17-33/h5-16,19-20,29H,18H2,1-4H3,(H,34,41)(H,43,44)/t19-,20-,29-/m0/s1. The molecule has 1 aromatic heterocycles. The van der Waals surface area contributed by atoms with Crippen LogP contribution in [0.2, 0.25) is 0 Å². The lowest BCUT2D eigenvalue weighted by Gasteiger charge is -2.32. The van der Waals surface area contributed by atoms with Gasteiger partial charge in [0.25, 0.3) is 5.91 Å². The molecule has 4 aromatic rings. The molecule has 0 saturated heterocycles. The van der Waals surface area contributed by atoms with Gasteiger partial charge in [-0.3, -0.25) is 19.3 Å². The van der Waals surface area contributed by atoms with E-state index < -0.39 is 36.0 Å². The van der Waals surface area contributed by atoms with Crippen LogP contribution in [-0.4, -0.2) is 68.8 Å². The Morgan fingerprint density at radius 2 is 1.64 bits per heavy atom. The highest BCUT2D eigenvalue weighted by Crippen LogP contribution is 2.37. The molecule has 12 heteroatoms. The summed E-state index contributed by atoms with van der Waals surface area (Å²) in [7, 11) is 1.26. The Hall–Kier alpha value is -5.70. The van der Waals surface area contributed by atoms with E-state index in [-0.39, 0.29) is 12.5 Å². The third-order valence-electron chi connectivity index (χ3n) is 7.98. The summed E-state index contributed by atoms with van der Waals surface area (Å²) in [5.41, 5.74) is 3.20. The van der Waals surface area contributed by atoms with E-state index >= 15 is 0 Å². The third kappa shape index (κ3) is 5.20. The molecule has 0 aliphatic carbocycles. The lowest BCUT2D eigenvalue weighted by atomic mass is 10.1. The van der Waals surface area contributed by atoms with Crippen molar-refractivity contribution in [2.75, 3.05) is 16.8 Å². The highest BCUT2D eigenvalue weighted by Gasteiger charge is 2.42. The normalized spacial score (nSPS) is 16.9. The highest BCUT2D eigenvalue weighted by molar-refractivity contribution is 6.08. The van der Waals surface area contributed by atoms with Crippen molar-refractivity contribution in [1.82, 2.24) is 20.0 Å². The van der Waals surface area contributed by atoms with E-state index in [9.17, 15) is 29.5 Å². The number of nitrogens with one attached hydrogen (secondary N) is 1. The van der Waals surface area contributed by atoms with E-state index in [1.165, 1.54) is 30.7 Å². The van der Waals surface area contributed by atoms with Crippen LogP contribution >= 0.6 is 0 Å². The summed E-state index contributed by atoms with van der Waals surface area (Å²) in [5.74, 6) is -1.52. The van der Waals surface area contributed by atoms with Crippen LogP contribution in [-0.2, 0) is 20.9 Å². The summed E-state index contributed by atoms with van der Waals surface area (Å²) < 4.78 is 1.67. The molecule has 224 valence electrons. The van der Waals surface area contributed by atoms with Crippen LogP contribution in [0.25, 0.3) is 16.6 Å². The minimum absolute atomic E-state index is 0.0203. The third-order valence-corrected chi connectivity index (χ3v) is 7.98. The quantitative estimate of drug-likeness (QED) is 0.346. The molecule has 12 nitrogen and oxygen atoms in total. The van der Waals surface area contributed by atoms with Crippen molar-refractivity contribution in [1.29, 1.82) is 5.26 Å². The number of nitriles is 1. The van der Waals surface area contributed by atoms with E-state index in [1.807, 2.05) is 30.3 Å². The predicted molar refractivity (Wildman–Crippen MR) is 163 cm³/mol. The average Bonchev–Trinajstić information content (AvgIpc) is 3.35. The average molecular weight is 594 g/mol. The molecule has 2 N–H and O–H groups in total. The number of hydrogen-bond donors (Lipinski definition) is 2. The van der Waals surface area contributed by atoms with Crippen molar-refractivity contribution < 1.29 is 24.3 Å². The van der Waals surface area contributed by atoms with Crippen LogP contribution in [0.15, 0.2) is 72.8 Å². The summed E-state index contributed by atoms with van der Waals surface area (Å²) >= 11 is 0. The molecule has 3 aromatic carbocycles. The number of carbonyl (C=O) groups is 4. The van der Waals surface area contributed by atoms with Gasteiger partial charge in [0.05, 0.1) is 46.4 Å². The molecule has 1 aliphatic heterocycles. The molecular formula is C32H31N7O5. The molecular weight excluding hydrogens is 562 g/mol. The second kappa shape index (κ2) is 11.9. The topological polar surface area (TPSA) is 152 Å². The van der Waals surface area contributed by atoms with Crippen LogP contribution in [0.1, 0.15) is 32.0 Å². The predicted octanol–water partition coefficient (Wildman–Crippen LogP) is 3.67. The van der Waals surface area contributed by atoms with Gasteiger partial charge in [-0.05, 0) is 44.2 Å². The fourth-order valence-electron chi connectivity index (χ4n) is 5.51. The van der Waals surface area contributed by atoms with Crippen LogP contribution in [0.3, 0.4) is 0 Å². The summed E-state index contributed by atoms with van der Waals surface area (Å²) in [4.78, 5) is 56.0. The van der Waals surface area contributed by atoms with Gasteiger partial charge in [0, 0.05) is 19.4 Å². The second-order valence-electron chi connectivity index (χ2n) is 10.6. The maximum atomic E-state index is 14.4. The number of carbonyl (C=O) groups excluding carboxylic acids is 3. The zero-order valence-electron chi connectivity index (χ0n) is 24.6. The van der Waals surface area contributed by atoms with Crippen molar-refractivity contribution in [3.05, 3.63) is 84.1 Å². The van der Waals surface area contributed by atoms with Gasteiger partial charge in [-0.1, -0.05) is 42.5 Å². The highest BCUT2D eigenvalue weighted by atomic mass is 16.4. The van der Waals surface area contributed by atoms with Gasteiger partial charge in [-0.15, -0.1) is 0 Å². The number of carboxylic acid groups (broad SMARTS) is 1. The molecule has 0 saturated carbocycles. The molecule has 4 amide bonds. The molecule has 0 unspecified atom stereocenters. The summed E-state index contributed by atoms with van der Waals surface area (Å²) in [6.07, 6.45) is -1.30. The zero-order chi connectivity index (χ0) is 31.7. The molecule has 2 heterocycles.